The van der Waals surface area contributed by atoms with Crippen molar-refractivity contribution in [1.29, 1.82) is 0 Å². The Morgan fingerprint density at radius 1 is 1.47 bits per heavy atom. The summed E-state index contributed by atoms with van der Waals surface area (Å²) in [5, 5.41) is 10.1. The molecule has 0 saturated heterocycles. The zero-order valence-electron chi connectivity index (χ0n) is 10.4. The van der Waals surface area contributed by atoms with Crippen LogP contribution in [0, 0.1) is 12.8 Å². The third-order valence-corrected chi connectivity index (χ3v) is 3.18. The molecule has 0 amide bonds. The number of fused-ring (bicyclic) bond motifs is 1. The summed E-state index contributed by atoms with van der Waals surface area (Å²) >= 11 is 0. The number of nitrogens with zero attached hydrogens (tertiary/aromatic N) is 1. The molecule has 3 nitrogen and oxygen atoms in total. The van der Waals surface area contributed by atoms with Crippen LogP contribution in [-0.2, 0) is 18.3 Å². The van der Waals surface area contributed by atoms with Crippen molar-refractivity contribution >= 4 is 16.9 Å². The molecule has 0 spiro atoms. The fraction of sp³-hybridized carbons (Fsp3) is 0.357. The second kappa shape index (κ2) is 4.24. The zero-order chi connectivity index (χ0) is 12.6. The summed E-state index contributed by atoms with van der Waals surface area (Å²) in [6.07, 6.45) is 2.61. The molecule has 0 radical (unpaired) electrons. The van der Waals surface area contributed by atoms with E-state index in [4.69, 9.17) is 5.11 Å². The molecular weight excluding hydrogens is 214 g/mol. The molecule has 2 aromatic rings. The monoisotopic (exact) mass is 231 g/mol. The molecule has 0 bridgehead atoms. The smallest absolute Gasteiger partial charge is 0.306 e. The van der Waals surface area contributed by atoms with E-state index in [-0.39, 0.29) is 5.92 Å². The normalized spacial score (nSPS) is 12.9. The summed E-state index contributed by atoms with van der Waals surface area (Å²) in [6, 6.07) is 6.28. The van der Waals surface area contributed by atoms with Crippen molar-refractivity contribution in [1.82, 2.24) is 4.57 Å². The summed E-state index contributed by atoms with van der Waals surface area (Å²) < 4.78 is 2.05. The third kappa shape index (κ3) is 2.18. The van der Waals surface area contributed by atoms with Gasteiger partial charge in [-0.2, -0.15) is 0 Å². The number of hydrogen-bond acceptors (Lipinski definition) is 1. The molecule has 0 aliphatic rings. The zero-order valence-corrected chi connectivity index (χ0v) is 10.4. The molecule has 1 aromatic heterocycles. The van der Waals surface area contributed by atoms with Crippen LogP contribution in [0.25, 0.3) is 10.9 Å². The van der Waals surface area contributed by atoms with Gasteiger partial charge >= 0.3 is 5.97 Å². The van der Waals surface area contributed by atoms with Gasteiger partial charge in [0.15, 0.2) is 0 Å². The Morgan fingerprint density at radius 2 is 2.18 bits per heavy atom. The highest BCUT2D eigenvalue weighted by molar-refractivity contribution is 5.85. The number of aryl methyl sites for hydroxylation is 2. The lowest BCUT2D eigenvalue weighted by atomic mass is 10.00. The average Bonchev–Trinajstić information content (AvgIpc) is 2.55. The van der Waals surface area contributed by atoms with Crippen LogP contribution in [0.4, 0.5) is 0 Å². The van der Waals surface area contributed by atoms with Gasteiger partial charge in [-0.25, -0.2) is 0 Å². The second-order valence-corrected chi connectivity index (χ2v) is 4.73. The van der Waals surface area contributed by atoms with E-state index in [0.29, 0.717) is 6.42 Å². The minimum Gasteiger partial charge on any atom is -0.481 e. The van der Waals surface area contributed by atoms with Gasteiger partial charge in [-0.3, -0.25) is 4.79 Å². The lowest BCUT2D eigenvalue weighted by Crippen LogP contribution is -2.11. The van der Waals surface area contributed by atoms with Crippen molar-refractivity contribution in [3.05, 3.63) is 35.5 Å². The molecule has 1 N–H and O–H groups in total. The number of aromatic nitrogens is 1. The summed E-state index contributed by atoms with van der Waals surface area (Å²) in [5.74, 6) is -1.09. The first-order chi connectivity index (χ1) is 7.99. The minimum atomic E-state index is -0.741. The molecule has 0 aliphatic carbocycles. The molecular formula is C14H17NO2. The van der Waals surface area contributed by atoms with Crippen LogP contribution in [0.2, 0.25) is 0 Å². The van der Waals surface area contributed by atoms with Gasteiger partial charge in [0.05, 0.1) is 5.92 Å². The van der Waals surface area contributed by atoms with Crippen LogP contribution in [0.3, 0.4) is 0 Å². The molecule has 1 unspecified atom stereocenters. The average molecular weight is 231 g/mol. The van der Waals surface area contributed by atoms with E-state index in [1.807, 2.05) is 13.2 Å². The van der Waals surface area contributed by atoms with Crippen molar-refractivity contribution < 1.29 is 9.90 Å². The fourth-order valence-electron chi connectivity index (χ4n) is 2.17. The van der Waals surface area contributed by atoms with E-state index >= 15 is 0 Å². The molecule has 1 heterocycles. The third-order valence-electron chi connectivity index (χ3n) is 3.18. The minimum absolute atomic E-state index is 0.346. The first-order valence-electron chi connectivity index (χ1n) is 5.76. The molecule has 0 aliphatic heterocycles. The van der Waals surface area contributed by atoms with Crippen LogP contribution in [-0.4, -0.2) is 15.6 Å². The van der Waals surface area contributed by atoms with Crippen molar-refractivity contribution in [2.24, 2.45) is 13.0 Å². The topological polar surface area (TPSA) is 42.2 Å². The van der Waals surface area contributed by atoms with E-state index in [9.17, 15) is 4.79 Å². The quantitative estimate of drug-likeness (QED) is 0.882. The molecule has 17 heavy (non-hydrogen) atoms. The highest BCUT2D eigenvalue weighted by Gasteiger charge is 2.15. The Bertz CT molecular complexity index is 569. The molecule has 0 saturated carbocycles. The van der Waals surface area contributed by atoms with Gasteiger partial charge in [0.2, 0.25) is 0 Å². The van der Waals surface area contributed by atoms with Crippen LogP contribution >= 0.6 is 0 Å². The SMILES string of the molecule is Cc1ccc2c(c1)c(CC(C)C(=O)O)cn2C. The highest BCUT2D eigenvalue weighted by atomic mass is 16.4. The number of rotatable bonds is 3. The van der Waals surface area contributed by atoms with E-state index in [1.165, 1.54) is 10.9 Å². The number of aliphatic carboxylic acids is 1. The van der Waals surface area contributed by atoms with Crippen molar-refractivity contribution in [3.8, 4) is 0 Å². The maximum atomic E-state index is 10.9. The van der Waals surface area contributed by atoms with Gasteiger partial charge < -0.3 is 9.67 Å². The largest absolute Gasteiger partial charge is 0.481 e. The van der Waals surface area contributed by atoms with Crippen LogP contribution in [0.15, 0.2) is 24.4 Å². The van der Waals surface area contributed by atoms with Gasteiger partial charge in [0.25, 0.3) is 0 Å². The van der Waals surface area contributed by atoms with E-state index in [1.54, 1.807) is 6.92 Å². The van der Waals surface area contributed by atoms with Gasteiger partial charge in [-0.1, -0.05) is 18.6 Å². The van der Waals surface area contributed by atoms with Gasteiger partial charge in [0.1, 0.15) is 0 Å². The number of carboxylic acids is 1. The number of carboxylic acid groups (broad SMARTS) is 1. The predicted octanol–water partition coefficient (Wildman–Crippen LogP) is 2.75. The Morgan fingerprint density at radius 3 is 2.82 bits per heavy atom. The van der Waals surface area contributed by atoms with Crippen molar-refractivity contribution in [2.75, 3.05) is 0 Å². The van der Waals surface area contributed by atoms with E-state index < -0.39 is 5.97 Å². The summed E-state index contributed by atoms with van der Waals surface area (Å²) in [4.78, 5) is 10.9. The fourth-order valence-corrected chi connectivity index (χ4v) is 2.17. The van der Waals surface area contributed by atoms with E-state index in [0.717, 1.165) is 11.1 Å². The molecule has 90 valence electrons. The molecule has 1 aromatic carbocycles. The predicted molar refractivity (Wildman–Crippen MR) is 68.2 cm³/mol. The Hall–Kier alpha value is -1.77. The first kappa shape index (κ1) is 11.7. The summed E-state index contributed by atoms with van der Waals surface area (Å²) in [7, 11) is 1.99. The molecule has 3 heteroatoms. The van der Waals surface area contributed by atoms with Gasteiger partial charge in [-0.15, -0.1) is 0 Å². The van der Waals surface area contributed by atoms with Crippen LogP contribution < -0.4 is 0 Å². The number of carbonyl (C=O) groups is 1. The van der Waals surface area contributed by atoms with E-state index in [2.05, 4.69) is 29.7 Å². The molecule has 1 atom stereocenters. The lowest BCUT2D eigenvalue weighted by Gasteiger charge is -2.04. The molecule has 2 rings (SSSR count). The second-order valence-electron chi connectivity index (χ2n) is 4.73. The van der Waals surface area contributed by atoms with Crippen molar-refractivity contribution in [2.45, 2.75) is 20.3 Å². The maximum Gasteiger partial charge on any atom is 0.306 e. The summed E-state index contributed by atoms with van der Waals surface area (Å²) in [6.45, 7) is 3.80. The number of benzene rings is 1. The van der Waals surface area contributed by atoms with Crippen LogP contribution in [0.5, 0.6) is 0 Å². The Balaban J connectivity index is 2.47. The summed E-state index contributed by atoms with van der Waals surface area (Å²) in [5.41, 5.74) is 3.47. The first-order valence-corrected chi connectivity index (χ1v) is 5.76. The standard InChI is InChI=1S/C14H17NO2/c1-9-4-5-13-12(6-9)11(8-15(13)3)7-10(2)14(16)17/h4-6,8,10H,7H2,1-3H3,(H,16,17). The van der Waals surface area contributed by atoms with Gasteiger partial charge in [-0.05, 0) is 31.0 Å². The lowest BCUT2D eigenvalue weighted by molar-refractivity contribution is -0.141. The Kier molecular flexibility index (Phi) is 2.92. The maximum absolute atomic E-state index is 10.9. The van der Waals surface area contributed by atoms with Crippen LogP contribution in [0.1, 0.15) is 18.1 Å². The number of hydrogen-bond donors (Lipinski definition) is 1. The molecule has 0 fully saturated rings. The Labute approximate surface area is 101 Å². The van der Waals surface area contributed by atoms with Crippen molar-refractivity contribution in [3.63, 3.8) is 0 Å². The highest BCUT2D eigenvalue weighted by Crippen LogP contribution is 2.24. The van der Waals surface area contributed by atoms with Gasteiger partial charge in [0, 0.05) is 24.1 Å².